The second-order valence-electron chi connectivity index (χ2n) is 11.7. The Balaban J connectivity index is 1.59. The van der Waals surface area contributed by atoms with E-state index in [1.807, 2.05) is 6.20 Å². The van der Waals surface area contributed by atoms with Crippen LogP contribution in [0, 0.1) is 0 Å². The molecule has 0 saturated heterocycles. The van der Waals surface area contributed by atoms with Gasteiger partial charge in [0, 0.05) is 11.8 Å². The molecule has 4 aromatic rings. The van der Waals surface area contributed by atoms with Gasteiger partial charge < -0.3 is 0 Å². The van der Waals surface area contributed by atoms with Crippen molar-refractivity contribution in [1.29, 1.82) is 0 Å². The predicted octanol–water partition coefficient (Wildman–Crippen LogP) is 7.04. The first-order valence-corrected chi connectivity index (χ1v) is 18.8. The average Bonchev–Trinajstić information content (AvgIpc) is 3.10. The van der Waals surface area contributed by atoms with E-state index in [4.69, 9.17) is 4.98 Å². The summed E-state index contributed by atoms with van der Waals surface area (Å²) < 4.78 is 0. The molecule has 6 rings (SSSR count). The Morgan fingerprint density at radius 2 is 1.68 bits per heavy atom. The van der Waals surface area contributed by atoms with Crippen LogP contribution >= 0.6 is 0 Å². The van der Waals surface area contributed by atoms with Crippen molar-refractivity contribution in [3.63, 3.8) is 0 Å². The largest absolute Gasteiger partial charge is 0.256 e. The fourth-order valence-electron chi connectivity index (χ4n) is 6.40. The van der Waals surface area contributed by atoms with E-state index in [9.17, 15) is 0 Å². The summed E-state index contributed by atoms with van der Waals surface area (Å²) in [4.78, 5) is 5.05. The van der Waals surface area contributed by atoms with Gasteiger partial charge >= 0.3 is 0 Å². The Bertz CT molecular complexity index is 1490. The fraction of sp³-hybridized carbons (Fsp3) is 0.258. The summed E-state index contributed by atoms with van der Waals surface area (Å²) in [5.74, 6) is 0.479. The molecule has 1 aromatic heterocycles. The molecule has 2 aliphatic rings. The summed E-state index contributed by atoms with van der Waals surface area (Å²) >= 11 is 0. The van der Waals surface area contributed by atoms with E-state index < -0.39 is 16.1 Å². The SMILES string of the molecule is CC(C)c1c2c(cc3ccccc13)-c1nccc3c1[Si](C)(C2)C(c1ccc([Si](C)(C)C)cc1)=C3. The zero-order chi connectivity index (χ0) is 23.8. The summed E-state index contributed by atoms with van der Waals surface area (Å²) in [7, 11) is -3.29. The van der Waals surface area contributed by atoms with E-state index in [0.717, 1.165) is 6.04 Å². The lowest BCUT2D eigenvalue weighted by Crippen LogP contribution is -2.51. The molecule has 0 spiro atoms. The molecule has 34 heavy (non-hydrogen) atoms. The highest BCUT2D eigenvalue weighted by atomic mass is 28.3. The van der Waals surface area contributed by atoms with Crippen molar-refractivity contribution < 1.29 is 0 Å². The Morgan fingerprint density at radius 3 is 2.38 bits per heavy atom. The normalized spacial score (nSPS) is 18.7. The zero-order valence-electron chi connectivity index (χ0n) is 21.2. The average molecular weight is 476 g/mol. The number of pyridine rings is 1. The van der Waals surface area contributed by atoms with E-state index in [1.54, 1.807) is 15.9 Å². The van der Waals surface area contributed by atoms with Crippen LogP contribution in [0.2, 0.25) is 26.2 Å². The lowest BCUT2D eigenvalue weighted by Gasteiger charge is -2.36. The molecule has 0 aliphatic carbocycles. The van der Waals surface area contributed by atoms with E-state index >= 15 is 0 Å². The van der Waals surface area contributed by atoms with Gasteiger partial charge in [-0.2, -0.15) is 0 Å². The van der Waals surface area contributed by atoms with Crippen molar-refractivity contribution in [2.24, 2.45) is 0 Å². The number of rotatable bonds is 3. The predicted molar refractivity (Wildman–Crippen MR) is 154 cm³/mol. The molecule has 0 fully saturated rings. The quantitative estimate of drug-likeness (QED) is 0.289. The molecule has 2 aliphatic heterocycles. The fourth-order valence-corrected chi connectivity index (χ4v) is 12.1. The number of nitrogens with zero attached hydrogens (tertiary/aromatic N) is 1. The van der Waals surface area contributed by atoms with Crippen molar-refractivity contribution in [2.45, 2.75) is 52.0 Å². The monoisotopic (exact) mass is 475 g/mol. The van der Waals surface area contributed by atoms with Gasteiger partial charge in [-0.1, -0.05) is 99.8 Å². The Hall–Kier alpha value is -2.76. The maximum Gasteiger partial charge on any atom is 0.123 e. The van der Waals surface area contributed by atoms with Crippen molar-refractivity contribution in [1.82, 2.24) is 4.98 Å². The molecule has 0 N–H and O–H groups in total. The van der Waals surface area contributed by atoms with Crippen LogP contribution in [0.25, 0.3) is 33.3 Å². The maximum atomic E-state index is 5.05. The second-order valence-corrected chi connectivity index (χ2v) is 20.8. The minimum absolute atomic E-state index is 0.479. The van der Waals surface area contributed by atoms with Gasteiger partial charge in [-0.15, -0.1) is 0 Å². The van der Waals surface area contributed by atoms with Gasteiger partial charge in [-0.25, -0.2) is 0 Å². The molecule has 1 atom stereocenters. The first kappa shape index (κ1) is 21.8. The third-order valence-corrected chi connectivity index (χ3v) is 14.4. The van der Waals surface area contributed by atoms with Crippen LogP contribution in [-0.4, -0.2) is 21.1 Å². The Morgan fingerprint density at radius 1 is 0.941 bits per heavy atom. The number of hydrogen-bond donors (Lipinski definition) is 0. The molecule has 3 heterocycles. The van der Waals surface area contributed by atoms with E-state index in [0.29, 0.717) is 5.92 Å². The minimum atomic E-state index is -1.98. The van der Waals surface area contributed by atoms with Crippen molar-refractivity contribution >= 4 is 48.6 Å². The van der Waals surface area contributed by atoms with Crippen molar-refractivity contribution in [2.75, 3.05) is 0 Å². The first-order chi connectivity index (χ1) is 16.2. The van der Waals surface area contributed by atoms with Gasteiger partial charge in [-0.05, 0) is 67.5 Å². The summed E-state index contributed by atoms with van der Waals surface area (Å²) in [6, 6.07) is 24.3. The standard InChI is InChI=1S/C31H33NSi2/c1-20(2)29-25-10-8-7-9-22(25)17-26-27(29)19-34(6)28(18-23-15-16-32-30(26)31(23)34)21-11-13-24(14-12-21)33(3,4)5/h7-18,20H,19H2,1-6H3. The maximum absolute atomic E-state index is 5.05. The molecule has 0 bridgehead atoms. The van der Waals surface area contributed by atoms with Gasteiger partial charge in [0.2, 0.25) is 0 Å². The Kier molecular flexibility index (Phi) is 4.72. The lowest BCUT2D eigenvalue weighted by atomic mass is 9.87. The van der Waals surface area contributed by atoms with Gasteiger partial charge in [0.05, 0.1) is 13.8 Å². The first-order valence-electron chi connectivity index (χ1n) is 12.6. The molecule has 1 nitrogen and oxygen atoms in total. The minimum Gasteiger partial charge on any atom is -0.256 e. The lowest BCUT2D eigenvalue weighted by molar-refractivity contribution is 0.863. The van der Waals surface area contributed by atoms with E-state index in [1.165, 1.54) is 43.9 Å². The zero-order valence-corrected chi connectivity index (χ0v) is 23.2. The van der Waals surface area contributed by atoms with Crippen LogP contribution in [0.15, 0.2) is 66.9 Å². The van der Waals surface area contributed by atoms with Crippen LogP contribution in [0.5, 0.6) is 0 Å². The number of benzene rings is 3. The topological polar surface area (TPSA) is 12.9 Å². The highest BCUT2D eigenvalue weighted by Crippen LogP contribution is 2.46. The molecule has 0 amide bonds. The van der Waals surface area contributed by atoms with E-state index in [-0.39, 0.29) is 0 Å². The third-order valence-electron chi connectivity index (χ3n) is 8.06. The summed E-state index contributed by atoms with van der Waals surface area (Å²) in [5.41, 5.74) is 8.49. The third kappa shape index (κ3) is 3.06. The number of hydrogen-bond acceptors (Lipinski definition) is 1. The van der Waals surface area contributed by atoms with Crippen LogP contribution in [-0.2, 0) is 6.04 Å². The molecule has 0 radical (unpaired) electrons. The van der Waals surface area contributed by atoms with Crippen LogP contribution in [0.4, 0.5) is 0 Å². The van der Waals surface area contributed by atoms with Crippen LogP contribution in [0.3, 0.4) is 0 Å². The van der Waals surface area contributed by atoms with Gasteiger partial charge in [-0.3, -0.25) is 4.98 Å². The van der Waals surface area contributed by atoms with Crippen molar-refractivity contribution in [3.05, 3.63) is 89.1 Å². The molecule has 170 valence electrons. The molecule has 3 aromatic carbocycles. The van der Waals surface area contributed by atoms with Crippen LogP contribution < -0.4 is 10.4 Å². The van der Waals surface area contributed by atoms with E-state index in [2.05, 4.69) is 107 Å². The van der Waals surface area contributed by atoms with Crippen molar-refractivity contribution in [3.8, 4) is 11.3 Å². The number of fused-ring (bicyclic) bond motifs is 3. The summed E-state index contributed by atoms with van der Waals surface area (Å²) in [5, 5.41) is 7.41. The molecule has 1 unspecified atom stereocenters. The highest BCUT2D eigenvalue weighted by molar-refractivity contribution is 7.08. The summed E-state index contributed by atoms with van der Waals surface area (Å²) in [6.07, 6.45) is 4.52. The van der Waals surface area contributed by atoms with Crippen LogP contribution in [0.1, 0.15) is 42.0 Å². The Labute approximate surface area is 205 Å². The molecule has 0 saturated carbocycles. The molecule has 3 heteroatoms. The smallest absolute Gasteiger partial charge is 0.123 e. The highest BCUT2D eigenvalue weighted by Gasteiger charge is 2.47. The van der Waals surface area contributed by atoms with Gasteiger partial charge in [0.25, 0.3) is 0 Å². The second kappa shape index (κ2) is 7.37. The molecular weight excluding hydrogens is 443 g/mol. The summed E-state index contributed by atoms with van der Waals surface area (Å²) in [6.45, 7) is 14.6. The number of aromatic nitrogens is 1. The van der Waals surface area contributed by atoms with Gasteiger partial charge in [0.1, 0.15) is 8.07 Å². The van der Waals surface area contributed by atoms with Gasteiger partial charge in [0.15, 0.2) is 0 Å². The molecular formula is C31H33NSi2.